The lowest BCUT2D eigenvalue weighted by Gasteiger charge is -2.41. The van der Waals surface area contributed by atoms with Gasteiger partial charge >= 0.3 is 0 Å². The van der Waals surface area contributed by atoms with Crippen LogP contribution in [0, 0.1) is 5.41 Å². The predicted molar refractivity (Wildman–Crippen MR) is 87.8 cm³/mol. The van der Waals surface area contributed by atoms with Crippen molar-refractivity contribution in [1.82, 2.24) is 15.5 Å². The first-order valence-electron chi connectivity index (χ1n) is 8.42. The van der Waals surface area contributed by atoms with Crippen LogP contribution in [-0.4, -0.2) is 60.2 Å². The molecule has 126 valence electrons. The normalized spacial score (nSPS) is 28.6. The van der Waals surface area contributed by atoms with Crippen LogP contribution in [0.4, 0.5) is 0 Å². The summed E-state index contributed by atoms with van der Waals surface area (Å²) < 4.78 is 0. The molecule has 2 atom stereocenters. The van der Waals surface area contributed by atoms with Crippen molar-refractivity contribution in [2.24, 2.45) is 10.4 Å². The molecule has 2 heterocycles. The second-order valence-corrected chi connectivity index (χ2v) is 7.00. The van der Waals surface area contributed by atoms with Gasteiger partial charge in [0, 0.05) is 38.0 Å². The summed E-state index contributed by atoms with van der Waals surface area (Å²) in [5, 5.41) is 16.5. The van der Waals surface area contributed by atoms with Crippen LogP contribution in [0.25, 0.3) is 0 Å². The van der Waals surface area contributed by atoms with Crippen molar-refractivity contribution in [1.29, 1.82) is 0 Å². The number of carbonyl (C=O) groups excluding carboxylic acids is 1. The molecule has 2 saturated heterocycles. The molecule has 0 saturated carbocycles. The highest BCUT2D eigenvalue weighted by Gasteiger charge is 2.42. The van der Waals surface area contributed by atoms with Crippen LogP contribution < -0.4 is 10.6 Å². The number of nitrogens with zero attached hydrogens (tertiary/aromatic N) is 2. The topological polar surface area (TPSA) is 77.0 Å². The molecule has 6 nitrogen and oxygen atoms in total. The van der Waals surface area contributed by atoms with Crippen molar-refractivity contribution >= 4 is 11.9 Å². The lowest BCUT2D eigenvalue weighted by molar-refractivity contribution is -0.119. The second-order valence-electron chi connectivity index (χ2n) is 7.00. The minimum absolute atomic E-state index is 0.0544. The highest BCUT2D eigenvalue weighted by Crippen LogP contribution is 2.36. The van der Waals surface area contributed by atoms with Gasteiger partial charge < -0.3 is 20.6 Å². The number of rotatable bonds is 4. The van der Waals surface area contributed by atoms with E-state index in [0.29, 0.717) is 19.4 Å². The molecule has 0 bridgehead atoms. The second kappa shape index (κ2) is 6.86. The number of hydrogen-bond donors (Lipinski definition) is 3. The first kappa shape index (κ1) is 17.1. The van der Waals surface area contributed by atoms with Gasteiger partial charge in [-0.15, -0.1) is 0 Å². The number of aliphatic imine (C=N–C) groups is 1. The summed E-state index contributed by atoms with van der Waals surface area (Å²) in [6.07, 6.45) is 3.46. The van der Waals surface area contributed by atoms with Crippen LogP contribution in [0.15, 0.2) is 4.99 Å². The fourth-order valence-corrected chi connectivity index (χ4v) is 3.21. The molecule has 0 radical (unpaired) electrons. The first-order chi connectivity index (χ1) is 10.4. The Morgan fingerprint density at radius 2 is 2.32 bits per heavy atom. The van der Waals surface area contributed by atoms with Gasteiger partial charge in [-0.3, -0.25) is 9.79 Å². The number of nitrogens with one attached hydrogen (secondary N) is 2. The largest absolute Gasteiger partial charge is 0.388 e. The van der Waals surface area contributed by atoms with Crippen LogP contribution in [0.1, 0.15) is 46.5 Å². The van der Waals surface area contributed by atoms with Gasteiger partial charge in [-0.1, -0.05) is 6.92 Å². The summed E-state index contributed by atoms with van der Waals surface area (Å²) in [5.41, 5.74) is -0.710. The SMILES string of the molecule is CCNC(=NCC(C)(O)CC)N1CCCC2(CNC(=O)C2)C1. The Bertz CT molecular complexity index is 436. The third kappa shape index (κ3) is 4.12. The Labute approximate surface area is 133 Å². The van der Waals surface area contributed by atoms with Gasteiger partial charge in [-0.05, 0) is 33.1 Å². The van der Waals surface area contributed by atoms with Crippen LogP contribution in [0.3, 0.4) is 0 Å². The van der Waals surface area contributed by atoms with Gasteiger partial charge in [0.25, 0.3) is 0 Å². The standard InChI is InChI=1S/C16H30N4O2/c1-4-15(3,22)10-19-14(17-5-2)20-8-6-7-16(12-20)9-13(21)18-11-16/h22H,4-12H2,1-3H3,(H,17,19)(H,18,21). The molecule has 0 aromatic carbocycles. The Kier molecular flexibility index (Phi) is 5.32. The maximum Gasteiger partial charge on any atom is 0.220 e. The van der Waals surface area contributed by atoms with Crippen LogP contribution in [-0.2, 0) is 4.79 Å². The lowest BCUT2D eigenvalue weighted by Crippen LogP contribution is -2.51. The predicted octanol–water partition coefficient (Wildman–Crippen LogP) is 0.715. The molecular weight excluding hydrogens is 280 g/mol. The van der Waals surface area contributed by atoms with E-state index < -0.39 is 5.60 Å². The van der Waals surface area contributed by atoms with E-state index in [0.717, 1.165) is 45.0 Å². The van der Waals surface area contributed by atoms with Gasteiger partial charge in [0.05, 0.1) is 12.1 Å². The maximum absolute atomic E-state index is 11.6. The van der Waals surface area contributed by atoms with E-state index in [9.17, 15) is 9.90 Å². The van der Waals surface area contributed by atoms with Gasteiger partial charge in [0.1, 0.15) is 0 Å². The minimum atomic E-state index is -0.765. The van der Waals surface area contributed by atoms with Crippen molar-refractivity contribution in [3.8, 4) is 0 Å². The lowest BCUT2D eigenvalue weighted by atomic mass is 9.79. The summed E-state index contributed by atoms with van der Waals surface area (Å²) in [4.78, 5) is 18.5. The number of carbonyl (C=O) groups is 1. The maximum atomic E-state index is 11.6. The Morgan fingerprint density at radius 1 is 1.55 bits per heavy atom. The van der Waals surface area contributed by atoms with Crippen molar-refractivity contribution in [3.05, 3.63) is 0 Å². The molecule has 2 aliphatic heterocycles. The fourth-order valence-electron chi connectivity index (χ4n) is 3.21. The molecule has 0 aliphatic carbocycles. The average molecular weight is 310 g/mol. The number of amides is 1. The minimum Gasteiger partial charge on any atom is -0.388 e. The van der Waals surface area contributed by atoms with Crippen molar-refractivity contribution in [2.75, 3.05) is 32.7 Å². The van der Waals surface area contributed by atoms with Gasteiger partial charge in [-0.2, -0.15) is 0 Å². The zero-order valence-corrected chi connectivity index (χ0v) is 14.1. The third-order valence-corrected chi connectivity index (χ3v) is 4.82. The molecule has 6 heteroatoms. The Balaban J connectivity index is 2.07. The monoisotopic (exact) mass is 310 g/mol. The molecule has 0 aromatic rings. The molecule has 1 spiro atoms. The van der Waals surface area contributed by atoms with E-state index in [1.54, 1.807) is 0 Å². The quantitative estimate of drug-likeness (QED) is 0.528. The van der Waals surface area contributed by atoms with Crippen LogP contribution in [0.5, 0.6) is 0 Å². The summed E-state index contributed by atoms with van der Waals surface area (Å²) >= 11 is 0. The van der Waals surface area contributed by atoms with E-state index >= 15 is 0 Å². The average Bonchev–Trinajstić information content (AvgIpc) is 2.84. The van der Waals surface area contributed by atoms with E-state index in [1.807, 2.05) is 20.8 Å². The first-order valence-corrected chi connectivity index (χ1v) is 8.42. The molecule has 2 rings (SSSR count). The summed E-state index contributed by atoms with van der Waals surface area (Å²) in [6, 6.07) is 0. The van der Waals surface area contributed by atoms with Crippen LogP contribution in [0.2, 0.25) is 0 Å². The molecule has 0 aromatic heterocycles. The van der Waals surface area contributed by atoms with Gasteiger partial charge in [0.15, 0.2) is 5.96 Å². The number of piperidine rings is 1. The molecule has 2 fully saturated rings. The highest BCUT2D eigenvalue weighted by molar-refractivity contribution is 5.81. The molecule has 22 heavy (non-hydrogen) atoms. The molecule has 1 amide bonds. The summed E-state index contributed by atoms with van der Waals surface area (Å²) in [5.74, 6) is 1.02. The molecule has 3 N–H and O–H groups in total. The Morgan fingerprint density at radius 3 is 2.91 bits per heavy atom. The molecular formula is C16H30N4O2. The van der Waals surface area contributed by atoms with Crippen LogP contribution >= 0.6 is 0 Å². The number of likely N-dealkylation sites (tertiary alicyclic amines) is 1. The zero-order valence-electron chi connectivity index (χ0n) is 14.1. The summed E-state index contributed by atoms with van der Waals surface area (Å²) in [6.45, 7) is 9.61. The van der Waals surface area contributed by atoms with Crippen molar-refractivity contribution in [3.63, 3.8) is 0 Å². The van der Waals surface area contributed by atoms with E-state index in [4.69, 9.17) is 0 Å². The highest BCUT2D eigenvalue weighted by atomic mass is 16.3. The van der Waals surface area contributed by atoms with Gasteiger partial charge in [-0.25, -0.2) is 0 Å². The van der Waals surface area contributed by atoms with E-state index in [-0.39, 0.29) is 11.3 Å². The summed E-state index contributed by atoms with van der Waals surface area (Å²) in [7, 11) is 0. The number of aliphatic hydroxyl groups is 1. The molecule has 2 unspecified atom stereocenters. The van der Waals surface area contributed by atoms with Gasteiger partial charge in [0.2, 0.25) is 5.91 Å². The van der Waals surface area contributed by atoms with E-state index in [1.165, 1.54) is 0 Å². The number of guanidine groups is 1. The van der Waals surface area contributed by atoms with Crippen molar-refractivity contribution in [2.45, 2.75) is 52.1 Å². The fraction of sp³-hybridized carbons (Fsp3) is 0.875. The Hall–Kier alpha value is -1.30. The third-order valence-electron chi connectivity index (χ3n) is 4.82. The van der Waals surface area contributed by atoms with E-state index in [2.05, 4.69) is 20.5 Å². The molecule has 2 aliphatic rings. The number of hydrogen-bond acceptors (Lipinski definition) is 3. The van der Waals surface area contributed by atoms with Crippen molar-refractivity contribution < 1.29 is 9.90 Å². The zero-order chi connectivity index (χ0) is 16.2. The smallest absolute Gasteiger partial charge is 0.220 e.